The molecule has 132 valence electrons. The number of halogens is 1. The first-order valence-electron chi connectivity index (χ1n) is 8.33. The number of carbonyl (C=O) groups is 1. The third-order valence-corrected chi connectivity index (χ3v) is 5.13. The normalized spacial score (nSPS) is 16.5. The number of carbonyl (C=O) groups excluding carboxylic acids is 1. The predicted molar refractivity (Wildman–Crippen MR) is 102 cm³/mol. The predicted octanol–water partition coefficient (Wildman–Crippen LogP) is 3.79. The highest BCUT2D eigenvalue weighted by Crippen LogP contribution is 2.34. The number of rotatable bonds is 4. The second-order valence-corrected chi connectivity index (χ2v) is 7.19. The Kier molecular flexibility index (Phi) is 4.51. The second kappa shape index (κ2) is 6.96. The van der Waals surface area contributed by atoms with E-state index in [9.17, 15) is 4.79 Å². The van der Waals surface area contributed by atoms with Gasteiger partial charge >= 0.3 is 0 Å². The fourth-order valence-corrected chi connectivity index (χ4v) is 3.78. The summed E-state index contributed by atoms with van der Waals surface area (Å²) in [6, 6.07) is 15.7. The van der Waals surface area contributed by atoms with Crippen molar-refractivity contribution in [1.29, 1.82) is 0 Å². The molecule has 0 bridgehead atoms. The van der Waals surface area contributed by atoms with Gasteiger partial charge in [0.05, 0.1) is 31.4 Å². The number of benzene rings is 2. The molecule has 4 rings (SSSR count). The van der Waals surface area contributed by atoms with Gasteiger partial charge in [0.15, 0.2) is 0 Å². The molecule has 0 saturated carbocycles. The highest BCUT2D eigenvalue weighted by Gasteiger charge is 2.34. The van der Waals surface area contributed by atoms with Crippen molar-refractivity contribution in [2.45, 2.75) is 19.1 Å². The molecular weight excluding hydrogens is 394 g/mol. The van der Waals surface area contributed by atoms with Crippen LogP contribution in [-0.2, 0) is 17.9 Å². The van der Waals surface area contributed by atoms with Crippen molar-refractivity contribution < 1.29 is 9.53 Å². The van der Waals surface area contributed by atoms with E-state index in [1.54, 1.807) is 13.4 Å². The maximum Gasteiger partial charge on any atom is 0.243 e. The largest absolute Gasteiger partial charge is 0.497 e. The Balaban J connectivity index is 1.73. The van der Waals surface area contributed by atoms with Crippen molar-refractivity contribution in [3.63, 3.8) is 0 Å². The minimum absolute atomic E-state index is 0.0799. The van der Waals surface area contributed by atoms with Crippen LogP contribution < -0.4 is 4.74 Å². The molecule has 0 radical (unpaired) electrons. The van der Waals surface area contributed by atoms with E-state index in [4.69, 9.17) is 4.74 Å². The number of aromatic nitrogens is 2. The summed E-state index contributed by atoms with van der Waals surface area (Å²) >= 11 is 3.54. The van der Waals surface area contributed by atoms with Gasteiger partial charge in [-0.25, -0.2) is 4.98 Å². The van der Waals surface area contributed by atoms with E-state index < -0.39 is 0 Å². The zero-order valence-electron chi connectivity index (χ0n) is 14.3. The number of amides is 1. The van der Waals surface area contributed by atoms with E-state index in [0.717, 1.165) is 27.0 Å². The van der Waals surface area contributed by atoms with Crippen LogP contribution in [0.2, 0.25) is 0 Å². The van der Waals surface area contributed by atoms with Crippen LogP contribution in [-0.4, -0.2) is 27.5 Å². The molecule has 0 fully saturated rings. The van der Waals surface area contributed by atoms with E-state index in [0.29, 0.717) is 13.1 Å². The van der Waals surface area contributed by atoms with Gasteiger partial charge in [0, 0.05) is 11.0 Å². The van der Waals surface area contributed by atoms with Gasteiger partial charge < -0.3 is 14.2 Å². The number of hydrogen-bond donors (Lipinski definition) is 0. The summed E-state index contributed by atoms with van der Waals surface area (Å²) in [5, 5.41) is 0. The molecule has 0 saturated heterocycles. The Bertz CT molecular complexity index is 936. The van der Waals surface area contributed by atoms with Gasteiger partial charge in [-0.05, 0) is 35.4 Å². The topological polar surface area (TPSA) is 47.4 Å². The first kappa shape index (κ1) is 16.8. The van der Waals surface area contributed by atoms with Crippen molar-refractivity contribution in [1.82, 2.24) is 14.5 Å². The van der Waals surface area contributed by atoms with Gasteiger partial charge in [-0.2, -0.15) is 0 Å². The number of imidazole rings is 1. The molecule has 1 aromatic heterocycles. The minimum atomic E-state index is -0.168. The molecule has 26 heavy (non-hydrogen) atoms. The number of ether oxygens (including phenoxy) is 1. The smallest absolute Gasteiger partial charge is 0.243 e. The number of methoxy groups -OCH3 is 1. The molecule has 1 aliphatic heterocycles. The van der Waals surface area contributed by atoms with E-state index in [1.165, 1.54) is 0 Å². The molecule has 6 heteroatoms. The summed E-state index contributed by atoms with van der Waals surface area (Å²) < 4.78 is 8.14. The zero-order valence-corrected chi connectivity index (χ0v) is 15.9. The minimum Gasteiger partial charge on any atom is -0.497 e. The summed E-state index contributed by atoms with van der Waals surface area (Å²) in [5.41, 5.74) is 3.14. The summed E-state index contributed by atoms with van der Waals surface area (Å²) in [5.74, 6) is 0.886. The molecule has 1 unspecified atom stereocenters. The Morgan fingerprint density at radius 1 is 1.23 bits per heavy atom. The average molecular weight is 412 g/mol. The Morgan fingerprint density at radius 2 is 2.04 bits per heavy atom. The Labute approximate surface area is 160 Å². The molecule has 2 heterocycles. The number of fused-ring (bicyclic) bond motifs is 1. The first-order valence-corrected chi connectivity index (χ1v) is 9.13. The summed E-state index contributed by atoms with van der Waals surface area (Å²) in [7, 11) is 1.65. The van der Waals surface area contributed by atoms with E-state index in [-0.39, 0.29) is 11.9 Å². The molecule has 5 nitrogen and oxygen atoms in total. The van der Waals surface area contributed by atoms with Crippen LogP contribution in [0.1, 0.15) is 22.9 Å². The Morgan fingerprint density at radius 3 is 2.77 bits per heavy atom. The summed E-state index contributed by atoms with van der Waals surface area (Å²) in [6.07, 6.45) is 3.57. The van der Waals surface area contributed by atoms with Crippen molar-refractivity contribution in [2.75, 3.05) is 7.11 Å². The SMILES string of the molecule is COc1ccc(CN2C(=O)Cn3cncc3C2c2cccc(Br)c2)cc1. The molecule has 0 aliphatic carbocycles. The monoisotopic (exact) mass is 411 g/mol. The van der Waals surface area contributed by atoms with Crippen molar-refractivity contribution >= 4 is 21.8 Å². The van der Waals surface area contributed by atoms with E-state index in [2.05, 4.69) is 27.0 Å². The van der Waals surface area contributed by atoms with Crippen molar-refractivity contribution in [2.24, 2.45) is 0 Å². The van der Waals surface area contributed by atoms with Crippen LogP contribution in [0, 0.1) is 0 Å². The molecule has 3 aromatic rings. The van der Waals surface area contributed by atoms with Crippen molar-refractivity contribution in [3.05, 3.63) is 82.3 Å². The third-order valence-electron chi connectivity index (χ3n) is 4.64. The van der Waals surface area contributed by atoms with Crippen molar-refractivity contribution in [3.8, 4) is 5.75 Å². The molecule has 1 aliphatic rings. The maximum atomic E-state index is 12.9. The van der Waals surface area contributed by atoms with E-state index in [1.807, 2.05) is 58.1 Å². The summed E-state index contributed by atoms with van der Waals surface area (Å²) in [4.78, 5) is 19.1. The van der Waals surface area contributed by atoms with Crippen LogP contribution in [0.15, 0.2) is 65.5 Å². The lowest BCUT2D eigenvalue weighted by Gasteiger charge is -2.37. The standard InChI is InChI=1S/C20H18BrN3O2/c1-26-17-7-5-14(6-8-17)11-24-19(25)12-23-13-22-10-18(23)20(24)15-3-2-4-16(21)9-15/h2-10,13,20H,11-12H2,1H3. The molecule has 0 spiro atoms. The lowest BCUT2D eigenvalue weighted by atomic mass is 9.99. The molecular formula is C20H18BrN3O2. The van der Waals surface area contributed by atoms with E-state index >= 15 is 0 Å². The quantitative estimate of drug-likeness (QED) is 0.655. The van der Waals surface area contributed by atoms with Crippen LogP contribution in [0.5, 0.6) is 5.75 Å². The van der Waals surface area contributed by atoms with Gasteiger partial charge in [-0.15, -0.1) is 0 Å². The first-order chi connectivity index (χ1) is 12.7. The average Bonchev–Trinajstić information content (AvgIpc) is 3.10. The van der Waals surface area contributed by atoms with Gasteiger partial charge in [0.1, 0.15) is 12.3 Å². The Hall–Kier alpha value is -2.60. The van der Waals surface area contributed by atoms with Crippen LogP contribution in [0.3, 0.4) is 0 Å². The molecule has 1 amide bonds. The second-order valence-electron chi connectivity index (χ2n) is 6.27. The fraction of sp³-hybridized carbons (Fsp3) is 0.200. The molecule has 2 aromatic carbocycles. The lowest BCUT2D eigenvalue weighted by molar-refractivity contribution is -0.136. The molecule has 0 N–H and O–H groups in total. The maximum absolute atomic E-state index is 12.9. The van der Waals surface area contributed by atoms with Gasteiger partial charge in [-0.3, -0.25) is 4.79 Å². The number of nitrogens with zero attached hydrogens (tertiary/aromatic N) is 3. The van der Waals surface area contributed by atoms with Crippen LogP contribution in [0.4, 0.5) is 0 Å². The number of hydrogen-bond acceptors (Lipinski definition) is 3. The lowest BCUT2D eigenvalue weighted by Crippen LogP contribution is -2.42. The highest BCUT2D eigenvalue weighted by molar-refractivity contribution is 9.10. The fourth-order valence-electron chi connectivity index (χ4n) is 3.37. The molecule has 1 atom stereocenters. The van der Waals surface area contributed by atoms with Gasteiger partial charge in [-0.1, -0.05) is 40.2 Å². The zero-order chi connectivity index (χ0) is 18.1. The van der Waals surface area contributed by atoms with Crippen LogP contribution >= 0.6 is 15.9 Å². The summed E-state index contributed by atoms with van der Waals surface area (Å²) in [6.45, 7) is 0.848. The third kappa shape index (κ3) is 3.12. The van der Waals surface area contributed by atoms with Gasteiger partial charge in [0.2, 0.25) is 5.91 Å². The highest BCUT2D eigenvalue weighted by atomic mass is 79.9. The van der Waals surface area contributed by atoms with Crippen LogP contribution in [0.25, 0.3) is 0 Å². The van der Waals surface area contributed by atoms with Gasteiger partial charge in [0.25, 0.3) is 0 Å².